The highest BCUT2D eigenvalue weighted by Crippen LogP contribution is 2.18. The summed E-state index contributed by atoms with van der Waals surface area (Å²) in [6.45, 7) is 6.10. The van der Waals surface area contributed by atoms with Crippen molar-refractivity contribution in [2.24, 2.45) is 5.84 Å². The summed E-state index contributed by atoms with van der Waals surface area (Å²) in [6.07, 6.45) is 2.32. The minimum Gasteiger partial charge on any atom is -0.376 e. The van der Waals surface area contributed by atoms with Gasteiger partial charge in [-0.05, 0) is 50.5 Å². The number of ether oxygens (including phenoxy) is 1. The zero-order valence-electron chi connectivity index (χ0n) is 12.2. The monoisotopic (exact) mass is 277 g/mol. The zero-order valence-corrected chi connectivity index (χ0v) is 12.2. The van der Waals surface area contributed by atoms with Gasteiger partial charge >= 0.3 is 0 Å². The van der Waals surface area contributed by atoms with Gasteiger partial charge in [0.1, 0.15) is 0 Å². The van der Waals surface area contributed by atoms with E-state index in [2.05, 4.69) is 5.43 Å². The highest BCUT2D eigenvalue weighted by Gasteiger charge is 2.22. The summed E-state index contributed by atoms with van der Waals surface area (Å²) in [5.74, 6) is 5.46. The van der Waals surface area contributed by atoms with Gasteiger partial charge in [0, 0.05) is 25.3 Å². The van der Waals surface area contributed by atoms with Gasteiger partial charge in [-0.2, -0.15) is 0 Å². The number of aryl methyl sites for hydroxylation is 1. The van der Waals surface area contributed by atoms with Crippen LogP contribution in [0.2, 0.25) is 0 Å². The molecule has 1 aliphatic rings. The molecular formula is C15H23N3O2. The molecular weight excluding hydrogens is 254 g/mol. The Kier molecular flexibility index (Phi) is 4.98. The van der Waals surface area contributed by atoms with Crippen LogP contribution in [0, 0.1) is 6.92 Å². The smallest absolute Gasteiger partial charge is 0.253 e. The molecule has 0 aromatic heterocycles. The Morgan fingerprint density at radius 1 is 1.55 bits per heavy atom. The fourth-order valence-electron chi connectivity index (χ4n) is 2.53. The Hall–Kier alpha value is -1.59. The van der Waals surface area contributed by atoms with Gasteiger partial charge in [-0.3, -0.25) is 10.6 Å². The van der Waals surface area contributed by atoms with Gasteiger partial charge < -0.3 is 15.1 Å². The highest BCUT2D eigenvalue weighted by molar-refractivity contribution is 5.95. The summed E-state index contributed by atoms with van der Waals surface area (Å²) in [6, 6.07) is 5.51. The van der Waals surface area contributed by atoms with E-state index in [4.69, 9.17) is 10.6 Å². The largest absolute Gasteiger partial charge is 0.376 e. The number of carbonyl (C=O) groups excluding carboxylic acids is 1. The predicted molar refractivity (Wildman–Crippen MR) is 79.5 cm³/mol. The molecule has 0 spiro atoms. The predicted octanol–water partition coefficient (Wildman–Crippen LogP) is 1.92. The minimum atomic E-state index is 0.0506. The molecule has 1 atom stereocenters. The second kappa shape index (κ2) is 6.72. The second-order valence-corrected chi connectivity index (χ2v) is 5.15. The van der Waals surface area contributed by atoms with Crippen LogP contribution in [0.4, 0.5) is 5.69 Å². The summed E-state index contributed by atoms with van der Waals surface area (Å²) in [5, 5.41) is 0. The first-order valence-corrected chi connectivity index (χ1v) is 7.13. The topological polar surface area (TPSA) is 67.6 Å². The van der Waals surface area contributed by atoms with Gasteiger partial charge in [-0.25, -0.2) is 0 Å². The molecule has 1 fully saturated rings. The van der Waals surface area contributed by atoms with Crippen LogP contribution < -0.4 is 11.3 Å². The van der Waals surface area contributed by atoms with Gasteiger partial charge in [-0.15, -0.1) is 0 Å². The number of rotatable bonds is 5. The first-order chi connectivity index (χ1) is 9.65. The molecule has 2 rings (SSSR count). The third-order valence-corrected chi connectivity index (χ3v) is 3.75. The van der Waals surface area contributed by atoms with Gasteiger partial charge in [0.2, 0.25) is 0 Å². The number of nitrogen functional groups attached to an aromatic ring is 1. The highest BCUT2D eigenvalue weighted by atomic mass is 16.5. The van der Waals surface area contributed by atoms with Crippen molar-refractivity contribution in [2.45, 2.75) is 32.8 Å². The minimum absolute atomic E-state index is 0.0506. The molecule has 0 aliphatic carbocycles. The number of hydrogen-bond acceptors (Lipinski definition) is 4. The molecule has 0 bridgehead atoms. The number of carbonyl (C=O) groups is 1. The van der Waals surface area contributed by atoms with Crippen molar-refractivity contribution < 1.29 is 9.53 Å². The number of nitrogens with zero attached hydrogens (tertiary/aromatic N) is 1. The zero-order chi connectivity index (χ0) is 14.5. The Morgan fingerprint density at radius 3 is 2.90 bits per heavy atom. The SMILES string of the molecule is CCN(CC1CCCO1)C(=O)c1ccc(NN)c(C)c1. The first-order valence-electron chi connectivity index (χ1n) is 7.13. The lowest BCUT2D eigenvalue weighted by Crippen LogP contribution is -2.37. The molecule has 0 saturated carbocycles. The molecule has 5 nitrogen and oxygen atoms in total. The summed E-state index contributed by atoms with van der Waals surface area (Å²) in [7, 11) is 0. The Labute approximate surface area is 120 Å². The number of nitrogens with one attached hydrogen (secondary N) is 1. The Morgan fingerprint density at radius 2 is 2.35 bits per heavy atom. The number of hydrogen-bond donors (Lipinski definition) is 2. The van der Waals surface area contributed by atoms with Gasteiger partial charge in [-0.1, -0.05) is 0 Å². The van der Waals surface area contributed by atoms with Crippen LogP contribution in [-0.4, -0.2) is 36.6 Å². The molecule has 20 heavy (non-hydrogen) atoms. The first kappa shape index (κ1) is 14.8. The van der Waals surface area contributed by atoms with Crippen LogP contribution in [0.25, 0.3) is 0 Å². The fraction of sp³-hybridized carbons (Fsp3) is 0.533. The van der Waals surface area contributed by atoms with Crippen LogP contribution in [0.5, 0.6) is 0 Å². The quantitative estimate of drug-likeness (QED) is 0.637. The molecule has 1 aliphatic heterocycles. The fourth-order valence-corrected chi connectivity index (χ4v) is 2.53. The van der Waals surface area contributed by atoms with Crippen molar-refractivity contribution in [2.75, 3.05) is 25.1 Å². The van der Waals surface area contributed by atoms with E-state index in [-0.39, 0.29) is 12.0 Å². The van der Waals surface area contributed by atoms with E-state index in [9.17, 15) is 4.79 Å². The Bertz CT molecular complexity index is 470. The molecule has 5 heteroatoms. The van der Waals surface area contributed by atoms with Gasteiger partial charge in [0.15, 0.2) is 0 Å². The lowest BCUT2D eigenvalue weighted by molar-refractivity contribution is 0.0539. The third-order valence-electron chi connectivity index (χ3n) is 3.75. The average molecular weight is 277 g/mol. The van der Waals surface area contributed by atoms with Gasteiger partial charge in [0.05, 0.1) is 11.8 Å². The number of likely N-dealkylation sites (N-methyl/N-ethyl adjacent to an activating group) is 1. The van der Waals surface area contributed by atoms with Crippen LogP contribution in [0.15, 0.2) is 18.2 Å². The molecule has 1 saturated heterocycles. The maximum atomic E-state index is 12.5. The van der Waals surface area contributed by atoms with E-state index in [0.29, 0.717) is 18.7 Å². The Balaban J connectivity index is 2.09. The average Bonchev–Trinajstić information content (AvgIpc) is 2.97. The lowest BCUT2D eigenvalue weighted by Gasteiger charge is -2.24. The summed E-state index contributed by atoms with van der Waals surface area (Å²) < 4.78 is 5.61. The van der Waals surface area contributed by atoms with Gasteiger partial charge in [0.25, 0.3) is 5.91 Å². The molecule has 1 unspecified atom stereocenters. The van der Waals surface area contributed by atoms with Crippen LogP contribution in [0.1, 0.15) is 35.7 Å². The molecule has 1 amide bonds. The van der Waals surface area contributed by atoms with Crippen molar-refractivity contribution in [3.05, 3.63) is 29.3 Å². The van der Waals surface area contributed by atoms with Crippen molar-refractivity contribution in [1.29, 1.82) is 0 Å². The molecule has 0 radical (unpaired) electrons. The standard InChI is InChI=1S/C15H23N3O2/c1-3-18(10-13-5-4-8-20-13)15(19)12-6-7-14(17-16)11(2)9-12/h6-7,9,13,17H,3-5,8,10,16H2,1-2H3. The molecule has 1 aromatic carbocycles. The van der Waals surface area contributed by atoms with Crippen LogP contribution >= 0.6 is 0 Å². The molecule has 1 aromatic rings. The maximum Gasteiger partial charge on any atom is 0.253 e. The number of benzene rings is 1. The number of amides is 1. The number of nitrogens with two attached hydrogens (primary N) is 1. The number of anilines is 1. The summed E-state index contributed by atoms with van der Waals surface area (Å²) in [4.78, 5) is 14.4. The van der Waals surface area contributed by atoms with E-state index in [1.807, 2.05) is 36.9 Å². The van der Waals surface area contributed by atoms with E-state index in [1.165, 1.54) is 0 Å². The summed E-state index contributed by atoms with van der Waals surface area (Å²) in [5.41, 5.74) is 5.12. The van der Waals surface area contributed by atoms with Crippen molar-refractivity contribution in [3.8, 4) is 0 Å². The van der Waals surface area contributed by atoms with E-state index < -0.39 is 0 Å². The molecule has 1 heterocycles. The maximum absolute atomic E-state index is 12.5. The third kappa shape index (κ3) is 3.29. The lowest BCUT2D eigenvalue weighted by atomic mass is 10.1. The molecule has 3 N–H and O–H groups in total. The van der Waals surface area contributed by atoms with Crippen LogP contribution in [-0.2, 0) is 4.74 Å². The van der Waals surface area contributed by atoms with E-state index in [1.54, 1.807) is 0 Å². The molecule has 110 valence electrons. The van der Waals surface area contributed by atoms with Crippen molar-refractivity contribution in [1.82, 2.24) is 4.90 Å². The van der Waals surface area contributed by atoms with E-state index in [0.717, 1.165) is 30.7 Å². The van der Waals surface area contributed by atoms with Crippen molar-refractivity contribution in [3.63, 3.8) is 0 Å². The normalized spacial score (nSPS) is 18.1. The second-order valence-electron chi connectivity index (χ2n) is 5.15. The van der Waals surface area contributed by atoms with E-state index >= 15 is 0 Å². The summed E-state index contributed by atoms with van der Waals surface area (Å²) >= 11 is 0. The number of hydrazine groups is 1. The van der Waals surface area contributed by atoms with Crippen LogP contribution in [0.3, 0.4) is 0 Å². The van der Waals surface area contributed by atoms with Crippen molar-refractivity contribution >= 4 is 11.6 Å².